The summed E-state index contributed by atoms with van der Waals surface area (Å²) in [5.74, 6) is -1.32. The highest BCUT2D eigenvalue weighted by Crippen LogP contribution is 2.24. The molecule has 4 N–H and O–H groups in total. The highest BCUT2D eigenvalue weighted by Gasteiger charge is 2.24. The fourth-order valence-electron chi connectivity index (χ4n) is 2.46. The number of aliphatic hydroxyl groups is 2. The number of rotatable bonds is 6. The van der Waals surface area contributed by atoms with Crippen LogP contribution in [0.1, 0.15) is 44.1 Å². The van der Waals surface area contributed by atoms with E-state index in [1.807, 2.05) is 0 Å². The molecule has 0 spiro atoms. The Morgan fingerprint density at radius 3 is 2.28 bits per heavy atom. The topological polar surface area (TPSA) is 153 Å². The number of nitrogens with zero attached hydrogens (tertiary/aromatic N) is 1. The van der Waals surface area contributed by atoms with Gasteiger partial charge in [0.05, 0.1) is 11.5 Å². The zero-order valence-electron chi connectivity index (χ0n) is 13.8. The Bertz CT molecular complexity index is 654. The lowest BCUT2D eigenvalue weighted by Gasteiger charge is -2.25. The third kappa shape index (κ3) is 9.46. The van der Waals surface area contributed by atoms with E-state index in [1.54, 1.807) is 18.2 Å². The van der Waals surface area contributed by atoms with Crippen molar-refractivity contribution < 1.29 is 27.7 Å². The molecule has 1 aliphatic rings. The lowest BCUT2D eigenvalue weighted by Crippen LogP contribution is -2.30. The molecule has 25 heavy (non-hydrogen) atoms. The molecular weight excluding hydrogens is 352 g/mol. The number of para-hydroxylation sites is 1. The molecule has 9 nitrogen and oxygen atoms in total. The summed E-state index contributed by atoms with van der Waals surface area (Å²) in [4.78, 5) is 10.2. The molecule has 1 aromatic rings. The lowest BCUT2D eigenvalue weighted by molar-refractivity contribution is -0.385. The first-order valence-electron chi connectivity index (χ1n) is 7.95. The number of hydrogen-bond donors (Lipinski definition) is 3. The van der Waals surface area contributed by atoms with Crippen molar-refractivity contribution in [3.63, 3.8) is 0 Å². The molecule has 0 amide bonds. The standard InChI is InChI=1S/C9H12N2O5S.C6H12O2/c10-17(14,15)16-7-3-5-8-4-1-2-6-9(8)11(12)13;7-6(8)4-2-1-3-5-6/h1-2,4,6H,3,5,7H2,(H2,10,14,15);7-8H,1-5H2. The highest BCUT2D eigenvalue weighted by molar-refractivity contribution is 7.84. The Hall–Kier alpha value is -1.59. The minimum atomic E-state index is -3.94. The summed E-state index contributed by atoms with van der Waals surface area (Å²) in [5.41, 5.74) is 0.554. The van der Waals surface area contributed by atoms with Gasteiger partial charge in [0.2, 0.25) is 0 Å². The quantitative estimate of drug-likeness (QED) is 0.293. The minimum Gasteiger partial charge on any atom is -0.366 e. The Morgan fingerprint density at radius 1 is 1.20 bits per heavy atom. The molecule has 1 aliphatic carbocycles. The summed E-state index contributed by atoms with van der Waals surface area (Å²) in [6.45, 7) is -0.0924. The maximum Gasteiger partial charge on any atom is 0.333 e. The average Bonchev–Trinajstić information content (AvgIpc) is 2.51. The van der Waals surface area contributed by atoms with E-state index in [1.165, 1.54) is 6.07 Å². The monoisotopic (exact) mass is 376 g/mol. The fourth-order valence-corrected chi connectivity index (χ4v) is 2.81. The molecule has 0 radical (unpaired) electrons. The Balaban J connectivity index is 0.000000324. The predicted molar refractivity (Wildman–Crippen MR) is 90.7 cm³/mol. The van der Waals surface area contributed by atoms with Gasteiger partial charge in [0.1, 0.15) is 0 Å². The summed E-state index contributed by atoms with van der Waals surface area (Å²) < 4.78 is 25.3. The molecule has 1 saturated carbocycles. The molecule has 0 atom stereocenters. The zero-order chi connectivity index (χ0) is 18.9. The lowest BCUT2D eigenvalue weighted by atomic mass is 9.95. The number of nitro benzene ring substituents is 1. The van der Waals surface area contributed by atoms with Crippen molar-refractivity contribution in [2.75, 3.05) is 6.61 Å². The second-order valence-corrected chi connectivity index (χ2v) is 7.07. The van der Waals surface area contributed by atoms with Gasteiger partial charge in [-0.25, -0.2) is 5.14 Å². The predicted octanol–water partition coefficient (Wildman–Crippen LogP) is 1.38. The third-order valence-electron chi connectivity index (χ3n) is 3.68. The van der Waals surface area contributed by atoms with Crippen molar-refractivity contribution in [2.24, 2.45) is 5.14 Å². The smallest absolute Gasteiger partial charge is 0.333 e. The van der Waals surface area contributed by atoms with Gasteiger partial charge in [0.15, 0.2) is 5.79 Å². The van der Waals surface area contributed by atoms with E-state index < -0.39 is 21.0 Å². The zero-order valence-corrected chi connectivity index (χ0v) is 14.7. The first kappa shape index (κ1) is 21.5. The summed E-state index contributed by atoms with van der Waals surface area (Å²) in [6.07, 6.45) is 4.90. The van der Waals surface area contributed by atoms with E-state index in [0.29, 0.717) is 31.2 Å². The van der Waals surface area contributed by atoms with Crippen molar-refractivity contribution in [1.29, 1.82) is 0 Å². The van der Waals surface area contributed by atoms with Crippen LogP contribution in [0.3, 0.4) is 0 Å². The second kappa shape index (κ2) is 9.78. The molecule has 142 valence electrons. The van der Waals surface area contributed by atoms with Crippen LogP contribution in [0.5, 0.6) is 0 Å². The van der Waals surface area contributed by atoms with Gasteiger partial charge in [-0.2, -0.15) is 8.42 Å². The molecule has 1 aromatic carbocycles. The molecule has 0 heterocycles. The number of nitro groups is 1. The second-order valence-electron chi connectivity index (χ2n) is 5.85. The number of hydrogen-bond acceptors (Lipinski definition) is 7. The average molecular weight is 376 g/mol. The van der Waals surface area contributed by atoms with Crippen LogP contribution in [0.15, 0.2) is 24.3 Å². The molecule has 2 rings (SSSR count). The largest absolute Gasteiger partial charge is 0.366 e. The molecule has 0 bridgehead atoms. The summed E-state index contributed by atoms with van der Waals surface area (Å²) in [5, 5.41) is 33.2. The SMILES string of the molecule is NS(=O)(=O)OCCCc1ccccc1[N+](=O)[O-].OC1(O)CCCCC1. The molecular formula is C15H24N2O7S. The van der Waals surface area contributed by atoms with Gasteiger partial charge in [0, 0.05) is 24.5 Å². The first-order valence-corrected chi connectivity index (χ1v) is 9.42. The maximum atomic E-state index is 10.7. The number of benzene rings is 1. The van der Waals surface area contributed by atoms with Crippen LogP contribution >= 0.6 is 0 Å². The summed E-state index contributed by atoms with van der Waals surface area (Å²) in [6, 6.07) is 6.27. The molecule has 0 aliphatic heterocycles. The van der Waals surface area contributed by atoms with Crippen molar-refractivity contribution in [1.82, 2.24) is 0 Å². The van der Waals surface area contributed by atoms with E-state index in [9.17, 15) is 18.5 Å². The van der Waals surface area contributed by atoms with Crippen molar-refractivity contribution >= 4 is 16.0 Å². The van der Waals surface area contributed by atoms with Crippen molar-refractivity contribution in [2.45, 2.75) is 50.7 Å². The molecule has 0 saturated heterocycles. The summed E-state index contributed by atoms with van der Waals surface area (Å²) >= 11 is 0. The summed E-state index contributed by atoms with van der Waals surface area (Å²) in [7, 11) is -3.94. The van der Waals surface area contributed by atoms with E-state index in [-0.39, 0.29) is 12.3 Å². The van der Waals surface area contributed by atoms with Gasteiger partial charge in [0.25, 0.3) is 5.69 Å². The normalized spacial score (nSPS) is 16.6. The van der Waals surface area contributed by atoms with Gasteiger partial charge in [-0.3, -0.25) is 14.3 Å². The Morgan fingerprint density at radius 2 is 1.80 bits per heavy atom. The highest BCUT2D eigenvalue weighted by atomic mass is 32.2. The van der Waals surface area contributed by atoms with E-state index in [0.717, 1.165) is 19.3 Å². The van der Waals surface area contributed by atoms with E-state index in [4.69, 9.17) is 10.2 Å². The molecule has 10 heteroatoms. The minimum absolute atomic E-state index is 0.0168. The van der Waals surface area contributed by atoms with Gasteiger partial charge < -0.3 is 10.2 Å². The number of nitrogens with two attached hydrogens (primary N) is 1. The van der Waals surface area contributed by atoms with Crippen LogP contribution in [0, 0.1) is 10.1 Å². The van der Waals surface area contributed by atoms with Gasteiger partial charge in [-0.05, 0) is 25.7 Å². The molecule has 0 unspecified atom stereocenters. The van der Waals surface area contributed by atoms with Crippen LogP contribution in [0.25, 0.3) is 0 Å². The van der Waals surface area contributed by atoms with Gasteiger partial charge in [-0.15, -0.1) is 0 Å². The van der Waals surface area contributed by atoms with Crippen LogP contribution in [0.4, 0.5) is 5.69 Å². The fraction of sp³-hybridized carbons (Fsp3) is 0.600. The van der Waals surface area contributed by atoms with Gasteiger partial charge in [-0.1, -0.05) is 24.6 Å². The van der Waals surface area contributed by atoms with Gasteiger partial charge >= 0.3 is 10.3 Å². The van der Waals surface area contributed by atoms with Crippen LogP contribution in [-0.2, 0) is 20.9 Å². The third-order valence-corrected chi connectivity index (χ3v) is 4.18. The van der Waals surface area contributed by atoms with Crippen molar-refractivity contribution in [3.8, 4) is 0 Å². The molecule has 0 aromatic heterocycles. The van der Waals surface area contributed by atoms with Crippen LogP contribution in [-0.4, -0.2) is 35.9 Å². The van der Waals surface area contributed by atoms with Crippen LogP contribution < -0.4 is 5.14 Å². The van der Waals surface area contributed by atoms with Crippen LogP contribution in [0.2, 0.25) is 0 Å². The maximum absolute atomic E-state index is 10.7. The Labute approximate surface area is 146 Å². The van der Waals surface area contributed by atoms with Crippen molar-refractivity contribution in [3.05, 3.63) is 39.9 Å². The number of aryl methyl sites for hydroxylation is 1. The Kier molecular flexibility index (Phi) is 8.39. The molecule has 1 fully saturated rings. The first-order chi connectivity index (χ1) is 11.6. The van der Waals surface area contributed by atoms with E-state index in [2.05, 4.69) is 9.32 Å². The van der Waals surface area contributed by atoms with E-state index >= 15 is 0 Å².